The van der Waals surface area contributed by atoms with E-state index in [9.17, 15) is 4.79 Å². The molecule has 0 bridgehead atoms. The zero-order chi connectivity index (χ0) is 13.9. The Kier molecular flexibility index (Phi) is 3.61. The van der Waals surface area contributed by atoms with Crippen LogP contribution in [0.1, 0.15) is 0 Å². The zero-order valence-electron chi connectivity index (χ0n) is 10.5. The summed E-state index contributed by atoms with van der Waals surface area (Å²) in [6, 6.07) is 7.16. The molecule has 0 aliphatic carbocycles. The minimum atomic E-state index is -0.151. The summed E-state index contributed by atoms with van der Waals surface area (Å²) >= 11 is 2.83. The minimum absolute atomic E-state index is 0.151. The van der Waals surface area contributed by atoms with Crippen molar-refractivity contribution in [2.24, 2.45) is 0 Å². The van der Waals surface area contributed by atoms with Gasteiger partial charge < -0.3 is 5.32 Å². The highest BCUT2D eigenvalue weighted by Gasteiger charge is 2.07. The van der Waals surface area contributed by atoms with Crippen LogP contribution in [0, 0.1) is 0 Å². The number of aromatic nitrogens is 5. The van der Waals surface area contributed by atoms with Crippen LogP contribution in [-0.4, -0.2) is 32.2 Å². The van der Waals surface area contributed by atoms with E-state index in [1.807, 2.05) is 12.1 Å². The van der Waals surface area contributed by atoms with Crippen molar-refractivity contribution < 1.29 is 0 Å². The topological polar surface area (TPSA) is 85.6 Å². The molecule has 0 fully saturated rings. The molecule has 2 aromatic heterocycles. The monoisotopic (exact) mass is 306 g/mol. The smallest absolute Gasteiger partial charge is 0.278 e. The minimum Gasteiger partial charge on any atom is -0.363 e. The molecule has 7 nitrogen and oxygen atoms in total. The van der Waals surface area contributed by atoms with Crippen LogP contribution in [0.3, 0.4) is 0 Å². The van der Waals surface area contributed by atoms with E-state index in [0.717, 1.165) is 9.47 Å². The number of hydrogen-bond donors (Lipinski definition) is 1. The van der Waals surface area contributed by atoms with Crippen LogP contribution in [0.4, 0.5) is 5.13 Å². The average Bonchev–Trinajstić information content (AvgIpc) is 2.95. The lowest BCUT2D eigenvalue weighted by Gasteiger charge is -2.02. The van der Waals surface area contributed by atoms with Crippen LogP contribution in [0.2, 0.25) is 0 Å². The molecule has 0 amide bonds. The van der Waals surface area contributed by atoms with E-state index in [0.29, 0.717) is 16.8 Å². The second-order valence-electron chi connectivity index (χ2n) is 3.81. The summed E-state index contributed by atoms with van der Waals surface area (Å²) < 4.78 is 2.10. The summed E-state index contributed by atoms with van der Waals surface area (Å²) in [7, 11) is 1.79. The molecule has 0 spiro atoms. The van der Waals surface area contributed by atoms with E-state index in [1.54, 1.807) is 19.2 Å². The third kappa shape index (κ3) is 2.49. The number of nitrogens with one attached hydrogen (secondary N) is 1. The molecule has 1 aromatic carbocycles. The standard InChI is InChI=1S/C11H10N6OS2/c1-12-10-14-15-11(20-10)19-6-17-9(18)7-4-2-3-5-8(7)13-16-17/h2-5H,6H2,1H3,(H,12,14). The first-order chi connectivity index (χ1) is 9.78. The molecule has 20 heavy (non-hydrogen) atoms. The van der Waals surface area contributed by atoms with Crippen molar-refractivity contribution in [3.63, 3.8) is 0 Å². The predicted molar refractivity (Wildman–Crippen MR) is 79.1 cm³/mol. The Labute approximate surface area is 122 Å². The Hall–Kier alpha value is -2.00. The van der Waals surface area contributed by atoms with Crippen LogP contribution < -0.4 is 10.9 Å². The molecule has 0 unspecified atom stereocenters. The number of hydrogen-bond acceptors (Lipinski definition) is 8. The van der Waals surface area contributed by atoms with Gasteiger partial charge in [0.25, 0.3) is 5.56 Å². The van der Waals surface area contributed by atoms with Gasteiger partial charge in [-0.1, -0.05) is 40.4 Å². The first-order valence-electron chi connectivity index (χ1n) is 5.74. The van der Waals surface area contributed by atoms with Gasteiger partial charge in [-0.2, -0.15) is 4.68 Å². The lowest BCUT2D eigenvalue weighted by molar-refractivity contribution is 0.644. The van der Waals surface area contributed by atoms with Gasteiger partial charge in [0.15, 0.2) is 4.34 Å². The van der Waals surface area contributed by atoms with Gasteiger partial charge in [-0.3, -0.25) is 4.79 Å². The van der Waals surface area contributed by atoms with Gasteiger partial charge in [0.1, 0.15) is 5.52 Å². The van der Waals surface area contributed by atoms with Crippen molar-refractivity contribution in [2.75, 3.05) is 12.4 Å². The molecule has 0 aliphatic rings. The molecule has 1 N–H and O–H groups in total. The Morgan fingerprint density at radius 1 is 1.30 bits per heavy atom. The summed E-state index contributed by atoms with van der Waals surface area (Å²) in [5.41, 5.74) is 0.452. The van der Waals surface area contributed by atoms with Gasteiger partial charge >= 0.3 is 0 Å². The quantitative estimate of drug-likeness (QED) is 0.730. The van der Waals surface area contributed by atoms with E-state index in [-0.39, 0.29) is 5.56 Å². The van der Waals surface area contributed by atoms with Crippen molar-refractivity contribution in [3.8, 4) is 0 Å². The zero-order valence-corrected chi connectivity index (χ0v) is 12.1. The molecule has 0 aliphatic heterocycles. The summed E-state index contributed by atoms with van der Waals surface area (Å²) in [6.45, 7) is 0. The number of anilines is 1. The van der Waals surface area contributed by atoms with E-state index < -0.39 is 0 Å². The number of fused-ring (bicyclic) bond motifs is 1. The molecule has 3 aromatic rings. The maximum atomic E-state index is 12.2. The van der Waals surface area contributed by atoms with Gasteiger partial charge in [0.2, 0.25) is 5.13 Å². The Morgan fingerprint density at radius 2 is 2.15 bits per heavy atom. The SMILES string of the molecule is CNc1nnc(SCn2nnc3ccccc3c2=O)s1. The molecule has 2 heterocycles. The van der Waals surface area contributed by atoms with Gasteiger partial charge in [-0.25, -0.2) is 0 Å². The first kappa shape index (κ1) is 13.0. The highest BCUT2D eigenvalue weighted by molar-refractivity contribution is 8.00. The number of benzene rings is 1. The van der Waals surface area contributed by atoms with Gasteiger partial charge in [0, 0.05) is 7.05 Å². The lowest BCUT2D eigenvalue weighted by Crippen LogP contribution is -2.23. The van der Waals surface area contributed by atoms with Gasteiger partial charge in [0.05, 0.1) is 11.3 Å². The Balaban J connectivity index is 1.84. The molecule has 0 atom stereocenters. The third-order valence-electron chi connectivity index (χ3n) is 2.56. The highest BCUT2D eigenvalue weighted by atomic mass is 32.2. The third-order valence-corrected chi connectivity index (χ3v) is 4.60. The van der Waals surface area contributed by atoms with E-state index in [2.05, 4.69) is 25.8 Å². The van der Waals surface area contributed by atoms with Crippen molar-refractivity contribution in [1.82, 2.24) is 25.2 Å². The fourth-order valence-electron chi connectivity index (χ4n) is 1.59. The van der Waals surface area contributed by atoms with Crippen molar-refractivity contribution in [1.29, 1.82) is 0 Å². The second-order valence-corrected chi connectivity index (χ2v) is 5.98. The molecule has 102 valence electrons. The van der Waals surface area contributed by atoms with Crippen molar-refractivity contribution in [3.05, 3.63) is 34.6 Å². The van der Waals surface area contributed by atoms with Crippen LogP contribution in [0.25, 0.3) is 10.9 Å². The lowest BCUT2D eigenvalue weighted by atomic mass is 10.2. The average molecular weight is 306 g/mol. The molecule has 0 saturated carbocycles. The maximum absolute atomic E-state index is 12.2. The normalized spacial score (nSPS) is 10.8. The van der Waals surface area contributed by atoms with Crippen molar-refractivity contribution >= 4 is 39.1 Å². The molecular formula is C11H10N6OS2. The van der Waals surface area contributed by atoms with E-state index >= 15 is 0 Å². The number of rotatable bonds is 4. The molecule has 9 heteroatoms. The molecule has 3 rings (SSSR count). The van der Waals surface area contributed by atoms with Crippen LogP contribution in [0.5, 0.6) is 0 Å². The molecule has 0 radical (unpaired) electrons. The fraction of sp³-hybridized carbons (Fsp3) is 0.182. The predicted octanol–water partition coefficient (Wildman–Crippen LogP) is 1.43. The summed E-state index contributed by atoms with van der Waals surface area (Å²) in [5.74, 6) is 0.356. The maximum Gasteiger partial charge on any atom is 0.278 e. The fourth-order valence-corrected chi connectivity index (χ4v) is 3.16. The van der Waals surface area contributed by atoms with E-state index in [4.69, 9.17) is 0 Å². The largest absolute Gasteiger partial charge is 0.363 e. The Morgan fingerprint density at radius 3 is 2.95 bits per heavy atom. The van der Waals surface area contributed by atoms with Crippen LogP contribution >= 0.6 is 23.1 Å². The Bertz CT molecular complexity index is 799. The van der Waals surface area contributed by atoms with Crippen molar-refractivity contribution in [2.45, 2.75) is 10.2 Å². The summed E-state index contributed by atoms with van der Waals surface area (Å²) in [5, 5.41) is 20.1. The highest BCUT2D eigenvalue weighted by Crippen LogP contribution is 2.25. The summed E-state index contributed by atoms with van der Waals surface area (Å²) in [6.07, 6.45) is 0. The van der Waals surface area contributed by atoms with Crippen LogP contribution in [-0.2, 0) is 5.88 Å². The second kappa shape index (κ2) is 5.55. The number of thioether (sulfide) groups is 1. The van der Waals surface area contributed by atoms with Gasteiger partial charge in [-0.05, 0) is 12.1 Å². The molecular weight excluding hydrogens is 296 g/mol. The van der Waals surface area contributed by atoms with E-state index in [1.165, 1.54) is 27.8 Å². The van der Waals surface area contributed by atoms with Crippen LogP contribution in [0.15, 0.2) is 33.4 Å². The molecule has 0 saturated heterocycles. The van der Waals surface area contributed by atoms with Gasteiger partial charge in [-0.15, -0.1) is 15.3 Å². The summed E-state index contributed by atoms with van der Waals surface area (Å²) in [4.78, 5) is 12.2. The number of nitrogens with zero attached hydrogens (tertiary/aromatic N) is 5. The first-order valence-corrected chi connectivity index (χ1v) is 7.55.